The predicted molar refractivity (Wildman–Crippen MR) is 93.8 cm³/mol. The molecule has 26 heavy (non-hydrogen) atoms. The second-order valence-corrected chi connectivity index (χ2v) is 6.25. The number of nitrogens with zero attached hydrogens (tertiary/aromatic N) is 7. The molecule has 1 aliphatic heterocycles. The molecule has 0 aliphatic carbocycles. The van der Waals surface area contributed by atoms with E-state index in [1.807, 2.05) is 12.3 Å². The first-order valence-corrected chi connectivity index (χ1v) is 8.69. The summed E-state index contributed by atoms with van der Waals surface area (Å²) in [6, 6.07) is 5.06. The Bertz CT molecular complexity index is 865. The van der Waals surface area contributed by atoms with Gasteiger partial charge in [-0.2, -0.15) is 5.10 Å². The maximum absolute atomic E-state index is 12.1. The summed E-state index contributed by atoms with van der Waals surface area (Å²) in [5.74, 6) is 1.40. The Kier molecular flexibility index (Phi) is 4.89. The van der Waals surface area contributed by atoms with Crippen molar-refractivity contribution in [3.63, 3.8) is 0 Å². The van der Waals surface area contributed by atoms with Crippen molar-refractivity contribution in [2.45, 2.75) is 13.1 Å². The lowest BCUT2D eigenvalue weighted by atomic mass is 10.3. The molecule has 1 fully saturated rings. The molecule has 3 aromatic rings. The van der Waals surface area contributed by atoms with Crippen LogP contribution in [0.2, 0.25) is 0 Å². The summed E-state index contributed by atoms with van der Waals surface area (Å²) < 4.78 is 8.46. The Morgan fingerprint density at radius 3 is 2.62 bits per heavy atom. The van der Waals surface area contributed by atoms with Crippen LogP contribution in [0.1, 0.15) is 5.89 Å². The first kappa shape index (κ1) is 16.7. The molecule has 1 aliphatic rings. The SMILES string of the molecule is O=c1ccc(-n2cccn2)nn1CCN1CCN(Cc2ncco2)CC1. The van der Waals surface area contributed by atoms with E-state index < -0.39 is 0 Å². The van der Waals surface area contributed by atoms with E-state index in [1.165, 1.54) is 10.7 Å². The van der Waals surface area contributed by atoms with E-state index in [0.717, 1.165) is 45.2 Å². The molecule has 0 bridgehead atoms. The minimum absolute atomic E-state index is 0.0940. The van der Waals surface area contributed by atoms with Crippen molar-refractivity contribution < 1.29 is 4.42 Å². The molecule has 0 N–H and O–H groups in total. The van der Waals surface area contributed by atoms with Gasteiger partial charge >= 0.3 is 0 Å². The topological polar surface area (TPSA) is 85.2 Å². The van der Waals surface area contributed by atoms with E-state index in [9.17, 15) is 4.79 Å². The molecular formula is C17H21N7O2. The van der Waals surface area contributed by atoms with Crippen molar-refractivity contribution in [3.05, 3.63) is 59.3 Å². The highest BCUT2D eigenvalue weighted by molar-refractivity contribution is 5.17. The molecule has 0 aromatic carbocycles. The Morgan fingerprint density at radius 1 is 1.04 bits per heavy atom. The van der Waals surface area contributed by atoms with Crippen LogP contribution in [0.5, 0.6) is 0 Å². The number of piperazine rings is 1. The summed E-state index contributed by atoms with van der Waals surface area (Å²) in [7, 11) is 0. The average molecular weight is 355 g/mol. The van der Waals surface area contributed by atoms with Crippen LogP contribution in [0.3, 0.4) is 0 Å². The fourth-order valence-corrected chi connectivity index (χ4v) is 3.05. The first-order chi connectivity index (χ1) is 12.8. The minimum atomic E-state index is -0.0940. The summed E-state index contributed by atoms with van der Waals surface area (Å²) >= 11 is 0. The predicted octanol–water partition coefficient (Wildman–Crippen LogP) is 0.235. The van der Waals surface area contributed by atoms with Crippen LogP contribution < -0.4 is 5.56 Å². The zero-order valence-electron chi connectivity index (χ0n) is 14.4. The summed E-state index contributed by atoms with van der Waals surface area (Å²) in [6.07, 6.45) is 6.78. The quantitative estimate of drug-likeness (QED) is 0.626. The number of hydrogen-bond donors (Lipinski definition) is 0. The van der Waals surface area contributed by atoms with Crippen LogP contribution >= 0.6 is 0 Å². The fraction of sp³-hybridized carbons (Fsp3) is 0.412. The molecular weight excluding hydrogens is 334 g/mol. The van der Waals surface area contributed by atoms with Gasteiger partial charge in [0.25, 0.3) is 5.56 Å². The normalized spacial score (nSPS) is 16.2. The van der Waals surface area contributed by atoms with Gasteiger partial charge in [-0.3, -0.25) is 14.6 Å². The zero-order chi connectivity index (χ0) is 17.8. The molecule has 9 heteroatoms. The molecule has 136 valence electrons. The van der Waals surface area contributed by atoms with E-state index in [1.54, 1.807) is 29.4 Å². The van der Waals surface area contributed by atoms with Gasteiger partial charge in [0.2, 0.25) is 5.89 Å². The third kappa shape index (κ3) is 3.89. The summed E-state index contributed by atoms with van der Waals surface area (Å²) in [4.78, 5) is 20.9. The van der Waals surface area contributed by atoms with E-state index in [4.69, 9.17) is 4.42 Å². The Hall–Kier alpha value is -2.78. The number of aromatic nitrogens is 5. The van der Waals surface area contributed by atoms with Gasteiger partial charge in [0.1, 0.15) is 6.26 Å². The Morgan fingerprint density at radius 2 is 1.88 bits per heavy atom. The highest BCUT2D eigenvalue weighted by Crippen LogP contribution is 2.07. The molecule has 0 amide bonds. The van der Waals surface area contributed by atoms with Crippen molar-refractivity contribution in [2.75, 3.05) is 32.7 Å². The van der Waals surface area contributed by atoms with Gasteiger partial charge in [0.05, 0.1) is 19.3 Å². The summed E-state index contributed by atoms with van der Waals surface area (Å²) in [5, 5.41) is 8.57. The van der Waals surface area contributed by atoms with Gasteiger partial charge in [-0.15, -0.1) is 5.10 Å². The second-order valence-electron chi connectivity index (χ2n) is 6.25. The van der Waals surface area contributed by atoms with Crippen molar-refractivity contribution >= 4 is 0 Å². The number of hydrogen-bond acceptors (Lipinski definition) is 7. The lowest BCUT2D eigenvalue weighted by molar-refractivity contribution is 0.115. The molecule has 4 heterocycles. The van der Waals surface area contributed by atoms with Crippen molar-refractivity contribution in [2.24, 2.45) is 0 Å². The van der Waals surface area contributed by atoms with Crippen LogP contribution in [-0.4, -0.2) is 67.1 Å². The van der Waals surface area contributed by atoms with Crippen LogP contribution in [0.15, 0.2) is 52.3 Å². The number of oxazole rings is 1. The first-order valence-electron chi connectivity index (χ1n) is 8.69. The van der Waals surface area contributed by atoms with Gasteiger partial charge in [-0.05, 0) is 12.1 Å². The molecule has 0 atom stereocenters. The second kappa shape index (κ2) is 7.63. The van der Waals surface area contributed by atoms with E-state index in [0.29, 0.717) is 12.4 Å². The monoisotopic (exact) mass is 355 g/mol. The number of rotatable bonds is 6. The van der Waals surface area contributed by atoms with Crippen molar-refractivity contribution in [1.29, 1.82) is 0 Å². The molecule has 3 aromatic heterocycles. The molecule has 0 spiro atoms. The van der Waals surface area contributed by atoms with Crippen molar-refractivity contribution in [1.82, 2.24) is 34.3 Å². The van der Waals surface area contributed by atoms with E-state index in [-0.39, 0.29) is 5.56 Å². The van der Waals surface area contributed by atoms with Gasteiger partial charge in [-0.25, -0.2) is 14.3 Å². The van der Waals surface area contributed by atoms with Crippen LogP contribution in [0.25, 0.3) is 5.82 Å². The standard InChI is InChI=1S/C17H21N7O2/c25-17-3-2-15(23-6-1-4-19-23)20-24(17)12-11-21-7-9-22(10-8-21)14-16-18-5-13-26-16/h1-6,13H,7-12,14H2. The van der Waals surface area contributed by atoms with Crippen LogP contribution in [0.4, 0.5) is 0 Å². The maximum Gasteiger partial charge on any atom is 0.266 e. The van der Waals surface area contributed by atoms with Gasteiger partial charge in [-0.1, -0.05) is 0 Å². The van der Waals surface area contributed by atoms with Gasteiger partial charge < -0.3 is 4.42 Å². The lowest BCUT2D eigenvalue weighted by Gasteiger charge is -2.33. The summed E-state index contributed by atoms with van der Waals surface area (Å²) in [6.45, 7) is 5.92. The maximum atomic E-state index is 12.1. The Labute approximate surface area is 150 Å². The largest absolute Gasteiger partial charge is 0.448 e. The molecule has 4 rings (SSSR count). The van der Waals surface area contributed by atoms with Crippen LogP contribution in [-0.2, 0) is 13.1 Å². The van der Waals surface area contributed by atoms with Gasteiger partial charge in [0.15, 0.2) is 5.82 Å². The third-order valence-corrected chi connectivity index (χ3v) is 4.53. The van der Waals surface area contributed by atoms with E-state index in [2.05, 4.69) is 25.0 Å². The molecule has 0 unspecified atom stereocenters. The molecule has 1 saturated heterocycles. The highest BCUT2D eigenvalue weighted by atomic mass is 16.3. The lowest BCUT2D eigenvalue weighted by Crippen LogP contribution is -2.47. The van der Waals surface area contributed by atoms with Gasteiger partial charge in [0, 0.05) is 51.2 Å². The molecule has 9 nitrogen and oxygen atoms in total. The summed E-state index contributed by atoms with van der Waals surface area (Å²) in [5.41, 5.74) is -0.0940. The van der Waals surface area contributed by atoms with Crippen molar-refractivity contribution in [3.8, 4) is 5.82 Å². The van der Waals surface area contributed by atoms with Crippen LogP contribution in [0, 0.1) is 0 Å². The smallest absolute Gasteiger partial charge is 0.266 e. The minimum Gasteiger partial charge on any atom is -0.448 e. The average Bonchev–Trinajstić information content (AvgIpc) is 3.36. The van der Waals surface area contributed by atoms with E-state index >= 15 is 0 Å². The Balaban J connectivity index is 1.31. The third-order valence-electron chi connectivity index (χ3n) is 4.53. The molecule has 0 radical (unpaired) electrons. The zero-order valence-corrected chi connectivity index (χ0v) is 14.4. The molecule has 0 saturated carbocycles. The highest BCUT2D eigenvalue weighted by Gasteiger charge is 2.18. The fourth-order valence-electron chi connectivity index (χ4n) is 3.05.